The van der Waals surface area contributed by atoms with Crippen molar-refractivity contribution in [1.29, 1.82) is 0 Å². The highest BCUT2D eigenvalue weighted by molar-refractivity contribution is 5.94. The van der Waals surface area contributed by atoms with Crippen LogP contribution in [0.5, 0.6) is 11.5 Å². The van der Waals surface area contributed by atoms with Crippen LogP contribution < -0.4 is 14.8 Å². The van der Waals surface area contributed by atoms with E-state index >= 15 is 0 Å². The summed E-state index contributed by atoms with van der Waals surface area (Å²) >= 11 is 0. The third kappa shape index (κ3) is 4.09. The first-order chi connectivity index (χ1) is 14.4. The molecular formula is C22H25N3O5. The van der Waals surface area contributed by atoms with Crippen molar-refractivity contribution in [1.82, 2.24) is 4.90 Å². The van der Waals surface area contributed by atoms with Crippen molar-refractivity contribution in [3.63, 3.8) is 0 Å². The van der Waals surface area contributed by atoms with E-state index in [-0.39, 0.29) is 29.9 Å². The summed E-state index contributed by atoms with van der Waals surface area (Å²) in [5.74, 6) is 1.22. The van der Waals surface area contributed by atoms with Crippen molar-refractivity contribution in [3.8, 4) is 11.5 Å². The predicted octanol–water partition coefficient (Wildman–Crippen LogP) is 3.76. The van der Waals surface area contributed by atoms with Crippen LogP contribution >= 0.6 is 0 Å². The Hall–Kier alpha value is -3.13. The lowest BCUT2D eigenvalue weighted by molar-refractivity contribution is -0.384. The summed E-state index contributed by atoms with van der Waals surface area (Å²) in [7, 11) is 0. The predicted molar refractivity (Wildman–Crippen MR) is 112 cm³/mol. The fourth-order valence-electron chi connectivity index (χ4n) is 4.09. The molecule has 0 aromatic heterocycles. The second kappa shape index (κ2) is 8.31. The number of amides is 1. The van der Waals surface area contributed by atoms with E-state index in [9.17, 15) is 14.9 Å². The molecular weight excluding hydrogens is 386 g/mol. The first-order valence-electron chi connectivity index (χ1n) is 10.1. The average molecular weight is 411 g/mol. The van der Waals surface area contributed by atoms with E-state index in [0.717, 1.165) is 47.6 Å². The number of hydrogen-bond donors (Lipinski definition) is 1. The first-order valence-corrected chi connectivity index (χ1v) is 10.1. The molecule has 0 unspecified atom stereocenters. The first kappa shape index (κ1) is 20.2. The molecule has 2 aliphatic rings. The van der Waals surface area contributed by atoms with Gasteiger partial charge in [0.1, 0.15) is 18.9 Å². The van der Waals surface area contributed by atoms with Gasteiger partial charge in [0, 0.05) is 12.1 Å². The Balaban J connectivity index is 1.48. The number of benzene rings is 2. The molecule has 1 saturated heterocycles. The number of anilines is 1. The van der Waals surface area contributed by atoms with Crippen molar-refractivity contribution in [2.24, 2.45) is 0 Å². The maximum Gasteiger partial charge on any atom is 0.293 e. The molecule has 8 nitrogen and oxygen atoms in total. The Morgan fingerprint density at radius 2 is 1.90 bits per heavy atom. The van der Waals surface area contributed by atoms with Crippen LogP contribution in [-0.2, 0) is 4.79 Å². The number of rotatable bonds is 5. The molecule has 0 aliphatic carbocycles. The van der Waals surface area contributed by atoms with Crippen molar-refractivity contribution in [2.45, 2.75) is 32.7 Å². The van der Waals surface area contributed by atoms with Gasteiger partial charge in [0.25, 0.3) is 5.69 Å². The van der Waals surface area contributed by atoms with E-state index in [1.54, 1.807) is 6.07 Å². The normalized spacial score (nSPS) is 18.3. The van der Waals surface area contributed by atoms with Crippen molar-refractivity contribution >= 4 is 17.3 Å². The van der Waals surface area contributed by atoms with E-state index in [2.05, 4.69) is 10.2 Å². The minimum atomic E-state index is -0.462. The molecule has 30 heavy (non-hydrogen) atoms. The Kier molecular flexibility index (Phi) is 5.59. The summed E-state index contributed by atoms with van der Waals surface area (Å²) in [5.41, 5.74) is 2.95. The number of aryl methyl sites for hydroxylation is 2. The van der Waals surface area contributed by atoms with E-state index < -0.39 is 4.92 Å². The molecule has 4 rings (SSSR count). The monoisotopic (exact) mass is 411 g/mol. The van der Waals surface area contributed by atoms with Gasteiger partial charge in [0.2, 0.25) is 5.91 Å². The highest BCUT2D eigenvalue weighted by Gasteiger charge is 2.29. The molecule has 0 radical (unpaired) electrons. The number of likely N-dealkylation sites (tertiary alicyclic amines) is 1. The summed E-state index contributed by atoms with van der Waals surface area (Å²) in [5, 5.41) is 14.1. The molecule has 1 fully saturated rings. The number of nitrogens with one attached hydrogen (secondary N) is 1. The van der Waals surface area contributed by atoms with Crippen molar-refractivity contribution < 1.29 is 19.2 Å². The molecule has 0 bridgehead atoms. The van der Waals surface area contributed by atoms with Gasteiger partial charge in [-0.2, -0.15) is 0 Å². The lowest BCUT2D eigenvalue weighted by Crippen LogP contribution is -2.33. The van der Waals surface area contributed by atoms with Crippen molar-refractivity contribution in [2.75, 3.05) is 31.6 Å². The highest BCUT2D eigenvalue weighted by Crippen LogP contribution is 2.38. The SMILES string of the molecule is Cc1cc(NC(=O)CN2CCC[C@H]2c2ccc3c(c2)OCCO3)c([N+](=O)[O-])cc1C. The number of nitro groups is 1. The van der Waals surface area contributed by atoms with Crippen LogP contribution in [0.3, 0.4) is 0 Å². The topological polar surface area (TPSA) is 93.9 Å². The molecule has 1 N–H and O–H groups in total. The zero-order valence-corrected chi connectivity index (χ0v) is 17.1. The number of carbonyl (C=O) groups is 1. The standard InChI is InChI=1S/C22H25N3O5/c1-14-10-17(19(25(27)28)11-15(14)2)23-22(26)13-24-7-3-4-18(24)16-5-6-20-21(12-16)30-9-8-29-20/h5-6,10-12,18H,3-4,7-9,13H2,1-2H3,(H,23,26)/t18-/m0/s1. The highest BCUT2D eigenvalue weighted by atomic mass is 16.6. The summed E-state index contributed by atoms with van der Waals surface area (Å²) in [6.07, 6.45) is 1.92. The van der Waals surface area contributed by atoms with Crippen LogP contribution in [0.2, 0.25) is 0 Å². The Labute approximate surface area is 174 Å². The van der Waals surface area contributed by atoms with Gasteiger partial charge in [-0.25, -0.2) is 0 Å². The van der Waals surface area contributed by atoms with Crippen molar-refractivity contribution in [3.05, 3.63) is 57.1 Å². The molecule has 8 heteroatoms. The van der Waals surface area contributed by atoms with Gasteiger partial charge in [-0.15, -0.1) is 0 Å². The number of ether oxygens (including phenoxy) is 2. The van der Waals surface area contributed by atoms with Gasteiger partial charge in [-0.05, 0) is 68.1 Å². The molecule has 158 valence electrons. The van der Waals surface area contributed by atoms with Crippen LogP contribution in [0.4, 0.5) is 11.4 Å². The van der Waals surface area contributed by atoms with Crippen LogP contribution in [0.15, 0.2) is 30.3 Å². The Bertz CT molecular complexity index is 991. The number of nitro benzene ring substituents is 1. The minimum Gasteiger partial charge on any atom is -0.486 e. The lowest BCUT2D eigenvalue weighted by Gasteiger charge is -2.26. The van der Waals surface area contributed by atoms with Gasteiger partial charge in [-0.1, -0.05) is 6.07 Å². The third-order valence-corrected chi connectivity index (χ3v) is 5.74. The average Bonchev–Trinajstić information content (AvgIpc) is 3.17. The molecule has 2 aliphatic heterocycles. The number of hydrogen-bond acceptors (Lipinski definition) is 6. The zero-order chi connectivity index (χ0) is 21.3. The largest absolute Gasteiger partial charge is 0.486 e. The minimum absolute atomic E-state index is 0.0868. The molecule has 2 aromatic rings. The van der Waals surface area contributed by atoms with E-state index in [4.69, 9.17) is 9.47 Å². The molecule has 2 aromatic carbocycles. The maximum absolute atomic E-state index is 12.7. The Morgan fingerprint density at radius 3 is 2.67 bits per heavy atom. The summed E-state index contributed by atoms with van der Waals surface area (Å²) in [6, 6.07) is 9.18. The molecule has 0 spiro atoms. The molecule has 0 saturated carbocycles. The van der Waals surface area contributed by atoms with Crippen LogP contribution in [0.25, 0.3) is 0 Å². The van der Waals surface area contributed by atoms with Crippen LogP contribution in [-0.4, -0.2) is 42.0 Å². The zero-order valence-electron chi connectivity index (χ0n) is 17.1. The fraction of sp³-hybridized carbons (Fsp3) is 0.409. The van der Waals surface area contributed by atoms with Crippen LogP contribution in [0.1, 0.15) is 35.6 Å². The molecule has 1 amide bonds. The third-order valence-electron chi connectivity index (χ3n) is 5.74. The number of fused-ring (bicyclic) bond motifs is 1. The van der Waals surface area contributed by atoms with Gasteiger partial charge in [0.15, 0.2) is 11.5 Å². The second-order valence-electron chi connectivity index (χ2n) is 7.79. The summed E-state index contributed by atoms with van der Waals surface area (Å²) in [6.45, 7) is 5.72. The smallest absolute Gasteiger partial charge is 0.293 e. The van der Waals surface area contributed by atoms with E-state index in [0.29, 0.717) is 13.2 Å². The second-order valence-corrected chi connectivity index (χ2v) is 7.79. The number of nitrogens with zero attached hydrogens (tertiary/aromatic N) is 2. The molecule has 2 heterocycles. The quantitative estimate of drug-likeness (QED) is 0.595. The summed E-state index contributed by atoms with van der Waals surface area (Å²) < 4.78 is 11.3. The lowest BCUT2D eigenvalue weighted by atomic mass is 10.0. The molecule has 1 atom stereocenters. The maximum atomic E-state index is 12.7. The van der Waals surface area contributed by atoms with Gasteiger partial charge in [-0.3, -0.25) is 19.8 Å². The fourth-order valence-corrected chi connectivity index (χ4v) is 4.09. The number of carbonyl (C=O) groups excluding carboxylic acids is 1. The van der Waals surface area contributed by atoms with Gasteiger partial charge < -0.3 is 14.8 Å². The van der Waals surface area contributed by atoms with Gasteiger partial charge in [0.05, 0.1) is 11.5 Å². The van der Waals surface area contributed by atoms with E-state index in [1.807, 2.05) is 32.0 Å². The van der Waals surface area contributed by atoms with Gasteiger partial charge >= 0.3 is 0 Å². The Morgan fingerprint density at radius 1 is 1.17 bits per heavy atom. The summed E-state index contributed by atoms with van der Waals surface area (Å²) in [4.78, 5) is 25.8. The van der Waals surface area contributed by atoms with Crippen LogP contribution in [0, 0.1) is 24.0 Å². The van der Waals surface area contributed by atoms with E-state index in [1.165, 1.54) is 6.07 Å².